The Morgan fingerprint density at radius 3 is 3.00 bits per heavy atom. The summed E-state index contributed by atoms with van der Waals surface area (Å²) in [6, 6.07) is 0. The molecule has 1 aromatic rings. The van der Waals surface area contributed by atoms with Crippen LogP contribution in [0.3, 0.4) is 0 Å². The molecule has 0 fully saturated rings. The van der Waals surface area contributed by atoms with Crippen molar-refractivity contribution >= 4 is 14.5 Å². The standard InChI is InChI=1S/C10H11N4P/c1-10(9-11-13-14-12-9)6-4-3-5-8(7-10)15-2/h3-7H,2H2,1H3,(H,11,12,13,14). The molecule has 2 rings (SSSR count). The molecule has 0 aliphatic heterocycles. The topological polar surface area (TPSA) is 54.5 Å². The molecule has 0 amide bonds. The van der Waals surface area contributed by atoms with Crippen molar-refractivity contribution in [3.8, 4) is 0 Å². The van der Waals surface area contributed by atoms with Crippen LogP contribution in [-0.4, -0.2) is 26.9 Å². The van der Waals surface area contributed by atoms with E-state index in [0.29, 0.717) is 5.82 Å². The zero-order valence-corrected chi connectivity index (χ0v) is 9.28. The highest BCUT2D eigenvalue weighted by molar-refractivity contribution is 7.41. The normalized spacial score (nSPS) is 25.3. The number of hydrogen-bond acceptors (Lipinski definition) is 3. The molecule has 0 bridgehead atoms. The molecule has 1 unspecified atom stereocenters. The summed E-state index contributed by atoms with van der Waals surface area (Å²) in [7, 11) is 0.989. The molecule has 0 radical (unpaired) electrons. The number of tetrazole rings is 1. The van der Waals surface area contributed by atoms with Gasteiger partial charge in [0, 0.05) is 0 Å². The lowest BCUT2D eigenvalue weighted by Gasteiger charge is -2.16. The van der Waals surface area contributed by atoms with Gasteiger partial charge in [0.2, 0.25) is 0 Å². The molecule has 4 nitrogen and oxygen atoms in total. The first-order chi connectivity index (χ1) is 7.24. The number of rotatable bonds is 2. The summed E-state index contributed by atoms with van der Waals surface area (Å²) in [5.41, 5.74) is -0.309. The molecular weight excluding hydrogens is 207 g/mol. The smallest absolute Gasteiger partial charge is 0.177 e. The number of H-pyrrole nitrogens is 1. The van der Waals surface area contributed by atoms with Crippen molar-refractivity contribution in [1.29, 1.82) is 0 Å². The molecule has 76 valence electrons. The molecular formula is C10H11N4P. The number of aromatic nitrogens is 4. The third kappa shape index (κ3) is 1.95. The van der Waals surface area contributed by atoms with E-state index in [9.17, 15) is 0 Å². The third-order valence-electron chi connectivity index (χ3n) is 2.28. The van der Waals surface area contributed by atoms with E-state index in [1.54, 1.807) is 0 Å². The highest BCUT2D eigenvalue weighted by atomic mass is 31.1. The van der Waals surface area contributed by atoms with Gasteiger partial charge in [-0.05, 0) is 12.2 Å². The number of nitrogens with zero attached hydrogens (tertiary/aromatic N) is 3. The van der Waals surface area contributed by atoms with E-state index in [-0.39, 0.29) is 5.41 Å². The van der Waals surface area contributed by atoms with E-state index in [1.807, 2.05) is 31.2 Å². The second kappa shape index (κ2) is 3.91. The molecule has 0 aromatic carbocycles. The Kier molecular flexibility index (Phi) is 2.60. The Balaban J connectivity index is 2.48. The fourth-order valence-electron chi connectivity index (χ4n) is 1.44. The molecule has 1 heterocycles. The lowest BCUT2D eigenvalue weighted by atomic mass is 9.89. The molecule has 1 atom stereocenters. The Hall–Kier alpha value is -1.54. The largest absolute Gasteiger partial charge is 0.187 e. The number of aromatic amines is 1. The SMILES string of the molecule is C=PC1=CC(C)(c2nn[nH]n2)C=CC=C1. The van der Waals surface area contributed by atoms with E-state index in [2.05, 4.69) is 33.0 Å². The van der Waals surface area contributed by atoms with E-state index in [1.165, 1.54) is 0 Å². The van der Waals surface area contributed by atoms with Crippen molar-refractivity contribution in [2.45, 2.75) is 12.3 Å². The number of hydrogen-bond donors (Lipinski definition) is 1. The highest BCUT2D eigenvalue weighted by Crippen LogP contribution is 2.30. The lowest BCUT2D eigenvalue weighted by molar-refractivity contribution is 0.688. The van der Waals surface area contributed by atoms with Gasteiger partial charge in [0.25, 0.3) is 0 Å². The van der Waals surface area contributed by atoms with Gasteiger partial charge in [-0.3, -0.25) is 0 Å². The number of allylic oxidation sites excluding steroid dienone is 6. The molecule has 1 aliphatic rings. The minimum atomic E-state index is -0.309. The summed E-state index contributed by atoms with van der Waals surface area (Å²) in [4.78, 5) is 0. The van der Waals surface area contributed by atoms with Gasteiger partial charge in [-0.2, -0.15) is 5.21 Å². The molecule has 1 aliphatic carbocycles. The Bertz CT molecular complexity index is 444. The minimum Gasteiger partial charge on any atom is -0.177 e. The van der Waals surface area contributed by atoms with Crippen LogP contribution in [-0.2, 0) is 5.41 Å². The van der Waals surface area contributed by atoms with Crippen molar-refractivity contribution in [1.82, 2.24) is 20.6 Å². The van der Waals surface area contributed by atoms with Crippen LogP contribution >= 0.6 is 8.20 Å². The first-order valence-electron chi connectivity index (χ1n) is 4.54. The minimum absolute atomic E-state index is 0.309. The summed E-state index contributed by atoms with van der Waals surface area (Å²) >= 11 is 0. The highest BCUT2D eigenvalue weighted by Gasteiger charge is 2.26. The maximum atomic E-state index is 4.03. The quantitative estimate of drug-likeness (QED) is 0.770. The van der Waals surface area contributed by atoms with Crippen molar-refractivity contribution < 1.29 is 0 Å². The van der Waals surface area contributed by atoms with E-state index < -0.39 is 0 Å². The summed E-state index contributed by atoms with van der Waals surface area (Å²) in [6.45, 7) is 2.05. The van der Waals surface area contributed by atoms with Crippen LogP contribution in [0.4, 0.5) is 0 Å². The Labute approximate surface area is 89.6 Å². The predicted molar refractivity (Wildman–Crippen MR) is 61.9 cm³/mol. The van der Waals surface area contributed by atoms with Crippen molar-refractivity contribution in [3.63, 3.8) is 0 Å². The van der Waals surface area contributed by atoms with Crippen LogP contribution in [0.15, 0.2) is 35.7 Å². The average molecular weight is 218 g/mol. The molecule has 15 heavy (non-hydrogen) atoms. The third-order valence-corrected chi connectivity index (χ3v) is 2.92. The van der Waals surface area contributed by atoms with Gasteiger partial charge in [-0.1, -0.05) is 50.1 Å². The maximum Gasteiger partial charge on any atom is 0.187 e. The molecule has 1 aromatic heterocycles. The van der Waals surface area contributed by atoms with Gasteiger partial charge in [-0.25, -0.2) is 0 Å². The molecule has 5 heteroatoms. The van der Waals surface area contributed by atoms with Gasteiger partial charge in [-0.15, -0.1) is 10.2 Å². The lowest BCUT2D eigenvalue weighted by Crippen LogP contribution is -2.18. The van der Waals surface area contributed by atoms with Crippen LogP contribution < -0.4 is 0 Å². The molecule has 0 saturated heterocycles. The molecule has 0 spiro atoms. The van der Waals surface area contributed by atoms with Gasteiger partial charge < -0.3 is 0 Å². The Morgan fingerprint density at radius 1 is 1.47 bits per heavy atom. The zero-order chi connectivity index (χ0) is 10.7. The predicted octanol–water partition coefficient (Wildman–Crippen LogP) is 1.85. The summed E-state index contributed by atoms with van der Waals surface area (Å²) < 4.78 is 0. The van der Waals surface area contributed by atoms with E-state index >= 15 is 0 Å². The first-order valence-corrected chi connectivity index (χ1v) is 5.62. The monoisotopic (exact) mass is 218 g/mol. The summed E-state index contributed by atoms with van der Waals surface area (Å²) in [6.07, 6.45) is 14.0. The fraction of sp³-hybridized carbons (Fsp3) is 0.200. The second-order valence-electron chi connectivity index (χ2n) is 3.46. The van der Waals surface area contributed by atoms with Gasteiger partial charge in [0.05, 0.1) is 5.41 Å². The van der Waals surface area contributed by atoms with Gasteiger partial charge >= 0.3 is 0 Å². The van der Waals surface area contributed by atoms with Crippen molar-refractivity contribution in [3.05, 3.63) is 41.5 Å². The first kappa shape index (κ1) is 9.99. The van der Waals surface area contributed by atoms with Crippen LogP contribution in [0.5, 0.6) is 0 Å². The van der Waals surface area contributed by atoms with Crippen LogP contribution in [0.2, 0.25) is 0 Å². The second-order valence-corrected chi connectivity index (χ2v) is 4.30. The summed E-state index contributed by atoms with van der Waals surface area (Å²) in [5, 5.41) is 15.3. The van der Waals surface area contributed by atoms with Gasteiger partial charge in [0.1, 0.15) is 0 Å². The fourth-order valence-corrected chi connectivity index (χ4v) is 1.99. The van der Waals surface area contributed by atoms with Crippen LogP contribution in [0.1, 0.15) is 12.7 Å². The van der Waals surface area contributed by atoms with E-state index in [4.69, 9.17) is 0 Å². The number of nitrogens with one attached hydrogen (secondary N) is 1. The van der Waals surface area contributed by atoms with Gasteiger partial charge in [0.15, 0.2) is 5.82 Å². The Morgan fingerprint density at radius 2 is 2.33 bits per heavy atom. The van der Waals surface area contributed by atoms with Crippen LogP contribution in [0.25, 0.3) is 0 Å². The van der Waals surface area contributed by atoms with E-state index in [0.717, 1.165) is 13.5 Å². The van der Waals surface area contributed by atoms with Crippen molar-refractivity contribution in [2.24, 2.45) is 0 Å². The van der Waals surface area contributed by atoms with Crippen LogP contribution in [0, 0.1) is 0 Å². The molecule has 1 N–H and O–H groups in total. The summed E-state index contributed by atoms with van der Waals surface area (Å²) in [5.74, 6) is 0.670. The average Bonchev–Trinajstić information content (AvgIpc) is 2.70. The zero-order valence-electron chi connectivity index (χ0n) is 8.38. The maximum absolute atomic E-state index is 4.03. The molecule has 0 saturated carbocycles. The van der Waals surface area contributed by atoms with Crippen molar-refractivity contribution in [2.75, 3.05) is 0 Å².